The van der Waals surface area contributed by atoms with Crippen LogP contribution in [-0.4, -0.2) is 29.6 Å². The molecule has 0 unspecified atom stereocenters. The number of carbonyl (C=O) groups is 3. The van der Waals surface area contributed by atoms with E-state index >= 15 is 0 Å². The number of hydrogen-bond acceptors (Lipinski definition) is 4. The second kappa shape index (κ2) is 26.0. The Labute approximate surface area is 216 Å². The molecule has 0 heterocycles. The van der Waals surface area contributed by atoms with E-state index in [0.29, 0.717) is 0 Å². The topological polar surface area (TPSA) is 71.4 Å². The molecule has 0 spiro atoms. The first-order chi connectivity index (χ1) is 16.7. The number of aliphatic hydroxyl groups excluding tert-OH is 1. The van der Waals surface area contributed by atoms with Crippen molar-refractivity contribution in [2.75, 3.05) is 7.11 Å². The zero-order valence-electron chi connectivity index (χ0n) is 24.7. The van der Waals surface area contributed by atoms with Crippen LogP contribution < -0.4 is 0 Å². The Morgan fingerprint density at radius 2 is 1.14 bits per heavy atom. The van der Waals surface area contributed by atoms with Gasteiger partial charge >= 0.3 is 0 Å². The lowest BCUT2D eigenvalue weighted by Crippen LogP contribution is -2.14. The summed E-state index contributed by atoms with van der Waals surface area (Å²) in [6.07, 6.45) is 2.28. The molecule has 0 atom stereocenters. The van der Waals surface area contributed by atoms with Crippen LogP contribution in [0.25, 0.3) is 11.1 Å². The normalized spacial score (nSPS) is 8.54. The van der Waals surface area contributed by atoms with Crippen molar-refractivity contribution in [3.63, 3.8) is 0 Å². The van der Waals surface area contributed by atoms with E-state index in [0.717, 1.165) is 25.5 Å². The summed E-state index contributed by atoms with van der Waals surface area (Å²) in [6.45, 7) is 22.4. The highest BCUT2D eigenvalue weighted by Crippen LogP contribution is 2.23. The molecule has 0 aliphatic rings. The van der Waals surface area contributed by atoms with Gasteiger partial charge in [0.2, 0.25) is 0 Å². The summed E-state index contributed by atoms with van der Waals surface area (Å²) in [5.41, 5.74) is 5.93. The zero-order chi connectivity index (χ0) is 28.6. The molecule has 1 N–H and O–H groups in total. The minimum absolute atomic E-state index is 0.0579. The molecule has 0 amide bonds. The highest BCUT2D eigenvalue weighted by Gasteiger charge is 2.11. The molecule has 2 aromatic rings. The van der Waals surface area contributed by atoms with Gasteiger partial charge in [-0.2, -0.15) is 0 Å². The van der Waals surface area contributed by atoms with Gasteiger partial charge in [0.1, 0.15) is 11.6 Å². The van der Waals surface area contributed by atoms with E-state index in [2.05, 4.69) is 32.0 Å². The van der Waals surface area contributed by atoms with Gasteiger partial charge in [0.05, 0.1) is 5.92 Å². The molecule has 0 aliphatic heterocycles. The Hall–Kier alpha value is -2.59. The van der Waals surface area contributed by atoms with Gasteiger partial charge in [0.25, 0.3) is 0 Å². The summed E-state index contributed by atoms with van der Waals surface area (Å²) in [5, 5.41) is 7.00. The molecule has 0 bridgehead atoms. The van der Waals surface area contributed by atoms with E-state index < -0.39 is 5.92 Å². The number of hydrogen-bond donors (Lipinski definition) is 1. The molecule has 0 aromatic heterocycles. The van der Waals surface area contributed by atoms with Crippen molar-refractivity contribution in [1.82, 2.24) is 0 Å². The Balaban J connectivity index is -0.000000253. The first-order valence-corrected chi connectivity index (χ1v) is 12.8. The molecule has 0 saturated carbocycles. The quantitative estimate of drug-likeness (QED) is 0.328. The lowest BCUT2D eigenvalue weighted by molar-refractivity contribution is -0.129. The van der Waals surface area contributed by atoms with Crippen molar-refractivity contribution in [2.45, 2.75) is 95.9 Å². The summed E-state index contributed by atoms with van der Waals surface area (Å²) < 4.78 is 0. The van der Waals surface area contributed by atoms with Gasteiger partial charge < -0.3 is 5.11 Å². The fraction of sp³-hybridized carbons (Fsp3) is 0.516. The van der Waals surface area contributed by atoms with E-state index in [-0.39, 0.29) is 17.3 Å². The number of aliphatic hydroxyl groups is 1. The van der Waals surface area contributed by atoms with Crippen LogP contribution in [0.1, 0.15) is 104 Å². The largest absolute Gasteiger partial charge is 0.400 e. The highest BCUT2D eigenvalue weighted by molar-refractivity contribution is 5.99. The SMILES string of the molecule is CC.CC.CC.CC(=O)C(C)C(C)=O.CCCc1cc(-c2ccc(C(C)=O)cc2)ccc1C.CO. The van der Waals surface area contributed by atoms with Crippen molar-refractivity contribution < 1.29 is 19.5 Å². The maximum absolute atomic E-state index is 11.3. The van der Waals surface area contributed by atoms with E-state index in [4.69, 9.17) is 5.11 Å². The third kappa shape index (κ3) is 17.5. The highest BCUT2D eigenvalue weighted by atomic mass is 16.2. The predicted molar refractivity (Wildman–Crippen MR) is 153 cm³/mol. The third-order valence-corrected chi connectivity index (χ3v) is 4.71. The standard InChI is InChI=1S/C18H20O.C6H10O2.3C2H6.CH4O/c1-4-5-17-12-18(7-6-13(17)2)16-10-8-15(9-11-16)14(3)19;1-4(5(2)7)6(3)8;4*1-2/h6-12H,4-5H2,1-3H3;4H,1-3H3;3*1-2H3;2H,1H3. The van der Waals surface area contributed by atoms with Crippen molar-refractivity contribution >= 4 is 17.3 Å². The average molecular weight is 489 g/mol. The number of rotatable bonds is 6. The molecule has 4 nitrogen and oxygen atoms in total. The van der Waals surface area contributed by atoms with Crippen molar-refractivity contribution in [2.24, 2.45) is 5.92 Å². The van der Waals surface area contributed by atoms with Gasteiger partial charge in [-0.25, -0.2) is 0 Å². The van der Waals surface area contributed by atoms with Gasteiger partial charge in [0, 0.05) is 12.7 Å². The van der Waals surface area contributed by atoms with E-state index in [9.17, 15) is 14.4 Å². The van der Waals surface area contributed by atoms with Crippen molar-refractivity contribution in [3.8, 4) is 11.1 Å². The molecule has 0 saturated heterocycles. The second-order valence-electron chi connectivity index (χ2n) is 6.97. The van der Waals surface area contributed by atoms with Crippen LogP contribution >= 0.6 is 0 Å². The summed E-state index contributed by atoms with van der Waals surface area (Å²) in [5.74, 6) is -0.410. The molecular formula is C31H52O4. The monoisotopic (exact) mass is 488 g/mol. The smallest absolute Gasteiger partial charge is 0.159 e. The fourth-order valence-electron chi connectivity index (χ4n) is 2.57. The number of Topliss-reactive ketones (excluding diaryl/α,β-unsaturated/α-hetero) is 3. The molecule has 0 radical (unpaired) electrons. The van der Waals surface area contributed by atoms with Crippen LogP contribution in [-0.2, 0) is 16.0 Å². The molecule has 0 aliphatic carbocycles. The van der Waals surface area contributed by atoms with Crippen LogP contribution in [0.2, 0.25) is 0 Å². The number of ketones is 3. The van der Waals surface area contributed by atoms with Gasteiger partial charge in [-0.15, -0.1) is 0 Å². The van der Waals surface area contributed by atoms with Crippen LogP contribution in [0.15, 0.2) is 42.5 Å². The van der Waals surface area contributed by atoms with E-state index in [1.807, 2.05) is 65.8 Å². The second-order valence-corrected chi connectivity index (χ2v) is 6.97. The maximum atomic E-state index is 11.3. The van der Waals surface area contributed by atoms with Gasteiger partial charge in [0.15, 0.2) is 5.78 Å². The van der Waals surface area contributed by atoms with Crippen LogP contribution in [0.4, 0.5) is 0 Å². The van der Waals surface area contributed by atoms with E-state index in [1.165, 1.54) is 36.1 Å². The third-order valence-electron chi connectivity index (χ3n) is 4.71. The summed E-state index contributed by atoms with van der Waals surface area (Å²) in [4.78, 5) is 32.0. The molecule has 2 rings (SSSR count). The minimum atomic E-state index is -0.407. The summed E-state index contributed by atoms with van der Waals surface area (Å²) in [6, 6.07) is 14.4. The minimum Gasteiger partial charge on any atom is -0.400 e. The van der Waals surface area contributed by atoms with Crippen LogP contribution in [0.5, 0.6) is 0 Å². The van der Waals surface area contributed by atoms with E-state index in [1.54, 1.807) is 13.8 Å². The average Bonchev–Trinajstić information content (AvgIpc) is 2.90. The van der Waals surface area contributed by atoms with Crippen molar-refractivity contribution in [3.05, 3.63) is 59.2 Å². The Kier molecular flexibility index (Phi) is 29.5. The first-order valence-electron chi connectivity index (χ1n) is 12.8. The molecule has 0 fully saturated rings. The summed E-state index contributed by atoms with van der Waals surface area (Å²) in [7, 11) is 1.00. The molecule has 2 aromatic carbocycles. The van der Waals surface area contributed by atoms with Crippen molar-refractivity contribution in [1.29, 1.82) is 0 Å². The first kappa shape index (κ1) is 39.6. The van der Waals surface area contributed by atoms with Crippen LogP contribution in [0.3, 0.4) is 0 Å². The number of benzene rings is 2. The molecule has 35 heavy (non-hydrogen) atoms. The molecule has 200 valence electrons. The lowest BCUT2D eigenvalue weighted by Gasteiger charge is -2.09. The Bertz CT molecular complexity index is 791. The zero-order valence-corrected chi connectivity index (χ0v) is 24.7. The van der Waals surface area contributed by atoms with Crippen LogP contribution in [0, 0.1) is 12.8 Å². The number of carbonyl (C=O) groups excluding carboxylic acids is 3. The predicted octanol–water partition coefficient (Wildman–Crippen LogP) is 8.30. The Morgan fingerprint density at radius 3 is 1.46 bits per heavy atom. The molecule has 4 heteroatoms. The fourth-order valence-corrected chi connectivity index (χ4v) is 2.57. The lowest BCUT2D eigenvalue weighted by atomic mass is 9.96. The van der Waals surface area contributed by atoms with Gasteiger partial charge in [-0.3, -0.25) is 14.4 Å². The molecular weight excluding hydrogens is 436 g/mol. The van der Waals surface area contributed by atoms with Gasteiger partial charge in [-0.1, -0.05) is 97.4 Å². The summed E-state index contributed by atoms with van der Waals surface area (Å²) >= 11 is 0. The maximum Gasteiger partial charge on any atom is 0.159 e. The van der Waals surface area contributed by atoms with Gasteiger partial charge in [-0.05, 0) is 63.3 Å². The number of aryl methyl sites for hydroxylation is 2. The Morgan fingerprint density at radius 1 is 0.743 bits per heavy atom.